The molecule has 4 aliphatic heterocycles. The molecule has 1 spiro atoms. The number of imide groups is 1. The predicted molar refractivity (Wildman–Crippen MR) is 226 cm³/mol. The zero-order valence-electron chi connectivity index (χ0n) is 35.0. The number of aromatic nitrogens is 6. The first kappa shape index (κ1) is 41.4. The van der Waals surface area contributed by atoms with Gasteiger partial charge >= 0.3 is 11.9 Å². The summed E-state index contributed by atoms with van der Waals surface area (Å²) >= 11 is 0. The Labute approximate surface area is 360 Å². The minimum atomic E-state index is -4.65. The number of ether oxygens (including phenoxy) is 1. The minimum Gasteiger partial charge on any atom is -0.372 e. The van der Waals surface area contributed by atoms with Gasteiger partial charge in [0.2, 0.25) is 11.8 Å². The van der Waals surface area contributed by atoms with E-state index in [9.17, 15) is 32.3 Å². The van der Waals surface area contributed by atoms with Gasteiger partial charge in [-0.15, -0.1) is 0 Å². The van der Waals surface area contributed by atoms with Gasteiger partial charge in [-0.2, -0.15) is 18.3 Å². The van der Waals surface area contributed by atoms with E-state index in [-0.39, 0.29) is 41.2 Å². The molecule has 5 aromatic rings. The predicted octanol–water partition coefficient (Wildman–Crippen LogP) is 4.37. The molecule has 1 aromatic carbocycles. The molecule has 16 nitrogen and oxygen atoms in total. The van der Waals surface area contributed by atoms with Crippen LogP contribution in [0.2, 0.25) is 0 Å². The standard InChI is InChI=1S/C44H50F3N11O5/c1-53-39-33(5-3-6-34(39)58(42(53)62)35-12-13-38(59)51-41(35)61)56-16-14-54(15-17-56)22-28-19-43(63-24-28)25-55(26-43)21-27-8-10-30(11-9-27)57-23-29-18-37(48-20-32(29)52-57)50-40(60)31-4-2-7-36(49-31)44(45,46)47/h2-7,18,20,23,27-28,30,35H,8-17,19,21-22,24-26H2,1H3,(H,50,60)(H,51,59,61). The van der Waals surface area contributed by atoms with Gasteiger partial charge in [0.1, 0.15) is 28.8 Å². The van der Waals surface area contributed by atoms with Gasteiger partial charge in [-0.25, -0.2) is 14.8 Å². The quantitative estimate of drug-likeness (QED) is 0.202. The van der Waals surface area contributed by atoms with E-state index in [1.165, 1.54) is 6.07 Å². The topological polar surface area (TPSA) is 165 Å². The van der Waals surface area contributed by atoms with Crippen molar-refractivity contribution < 1.29 is 32.3 Å². The number of anilines is 2. The van der Waals surface area contributed by atoms with Crippen LogP contribution in [0.4, 0.5) is 24.7 Å². The van der Waals surface area contributed by atoms with Crippen molar-refractivity contribution in [2.75, 3.05) is 69.2 Å². The van der Waals surface area contributed by atoms with E-state index in [0.717, 1.165) is 120 Å². The second-order valence-corrected chi connectivity index (χ2v) is 18.1. The number of para-hydroxylation sites is 1. The van der Waals surface area contributed by atoms with Crippen LogP contribution in [0.1, 0.15) is 73.2 Å². The number of imidazole rings is 1. The lowest BCUT2D eigenvalue weighted by molar-refractivity contribution is -0.141. The lowest BCUT2D eigenvalue weighted by Gasteiger charge is -2.49. The Morgan fingerprint density at radius 1 is 0.952 bits per heavy atom. The molecule has 1 aliphatic carbocycles. The average Bonchev–Trinajstić information content (AvgIpc) is 3.95. The van der Waals surface area contributed by atoms with Gasteiger partial charge < -0.3 is 15.0 Å². The van der Waals surface area contributed by atoms with Crippen molar-refractivity contribution in [3.05, 3.63) is 76.7 Å². The highest BCUT2D eigenvalue weighted by Crippen LogP contribution is 2.41. The first-order valence-electron chi connectivity index (χ1n) is 21.9. The number of alkyl halides is 3. The summed E-state index contributed by atoms with van der Waals surface area (Å²) in [4.78, 5) is 65.8. The molecule has 0 bridgehead atoms. The van der Waals surface area contributed by atoms with Crippen LogP contribution in [0.25, 0.3) is 21.9 Å². The molecule has 2 atom stereocenters. The number of nitrogens with zero attached hydrogens (tertiary/aromatic N) is 9. The number of rotatable bonds is 9. The Kier molecular flexibility index (Phi) is 10.6. The van der Waals surface area contributed by atoms with Crippen molar-refractivity contribution in [1.82, 2.24) is 44.0 Å². The zero-order chi connectivity index (χ0) is 43.6. The molecule has 332 valence electrons. The Morgan fingerprint density at radius 2 is 1.71 bits per heavy atom. The third-order valence-electron chi connectivity index (χ3n) is 13.8. The highest BCUT2D eigenvalue weighted by atomic mass is 19.4. The van der Waals surface area contributed by atoms with Crippen LogP contribution in [0.15, 0.2) is 59.7 Å². The van der Waals surface area contributed by atoms with Gasteiger partial charge in [0, 0.05) is 77.4 Å². The monoisotopic (exact) mass is 869 g/mol. The smallest absolute Gasteiger partial charge is 0.372 e. The number of hydrogen-bond donors (Lipinski definition) is 2. The number of aryl methyl sites for hydroxylation is 1. The van der Waals surface area contributed by atoms with Gasteiger partial charge in [-0.1, -0.05) is 12.1 Å². The molecule has 2 N–H and O–H groups in total. The molecular weight excluding hydrogens is 820 g/mol. The molecule has 63 heavy (non-hydrogen) atoms. The second-order valence-electron chi connectivity index (χ2n) is 18.1. The molecule has 3 amide bonds. The van der Waals surface area contributed by atoms with E-state index in [2.05, 4.69) is 35.3 Å². The van der Waals surface area contributed by atoms with Crippen molar-refractivity contribution >= 4 is 51.2 Å². The number of likely N-dealkylation sites (tertiary alicyclic amines) is 1. The Morgan fingerprint density at radius 3 is 2.48 bits per heavy atom. The van der Waals surface area contributed by atoms with Gasteiger partial charge in [0.15, 0.2) is 0 Å². The number of amides is 3. The van der Waals surface area contributed by atoms with Crippen molar-refractivity contribution in [2.24, 2.45) is 18.9 Å². The Bertz CT molecular complexity index is 2640. The van der Waals surface area contributed by atoms with Gasteiger partial charge in [-0.3, -0.25) is 43.3 Å². The van der Waals surface area contributed by atoms with Crippen LogP contribution in [-0.2, 0) is 27.5 Å². The van der Waals surface area contributed by atoms with E-state index in [4.69, 9.17) is 9.84 Å². The molecule has 4 aromatic heterocycles. The summed E-state index contributed by atoms with van der Waals surface area (Å²) in [5.74, 6) is -0.208. The third kappa shape index (κ3) is 8.10. The summed E-state index contributed by atoms with van der Waals surface area (Å²) in [6.45, 7) is 8.26. The fourth-order valence-electron chi connectivity index (χ4n) is 10.7. The Hall–Kier alpha value is -5.66. The number of pyridine rings is 2. The summed E-state index contributed by atoms with van der Waals surface area (Å²) in [5, 5.41) is 10.5. The summed E-state index contributed by atoms with van der Waals surface area (Å²) in [5.41, 5.74) is 1.39. The molecular formula is C44H50F3N11O5. The van der Waals surface area contributed by atoms with Crippen LogP contribution in [0.5, 0.6) is 0 Å². The van der Waals surface area contributed by atoms with E-state index in [0.29, 0.717) is 29.3 Å². The van der Waals surface area contributed by atoms with Crippen LogP contribution < -0.4 is 21.2 Å². The van der Waals surface area contributed by atoms with E-state index in [1.54, 1.807) is 28.4 Å². The Balaban J connectivity index is 0.671. The van der Waals surface area contributed by atoms with Crippen molar-refractivity contribution in [3.8, 4) is 0 Å². The van der Waals surface area contributed by atoms with Crippen LogP contribution in [0.3, 0.4) is 0 Å². The molecule has 2 unspecified atom stereocenters. The van der Waals surface area contributed by atoms with Crippen molar-refractivity contribution in [2.45, 2.75) is 68.8 Å². The molecule has 4 saturated heterocycles. The molecule has 10 rings (SSSR count). The molecule has 19 heteroatoms. The fourth-order valence-corrected chi connectivity index (χ4v) is 10.7. The highest BCUT2D eigenvalue weighted by molar-refractivity contribution is 6.03. The molecule has 0 radical (unpaired) electrons. The number of fused-ring (bicyclic) bond motifs is 2. The normalized spacial score (nSPS) is 24.6. The number of benzene rings is 1. The maximum atomic E-state index is 13.5. The minimum absolute atomic E-state index is 0.0506. The summed E-state index contributed by atoms with van der Waals surface area (Å²) < 4.78 is 51.0. The number of nitrogens with one attached hydrogen (secondary N) is 2. The average molecular weight is 870 g/mol. The number of carbonyl (C=O) groups is 3. The number of piperazine rings is 1. The van der Waals surface area contributed by atoms with Crippen molar-refractivity contribution in [1.29, 1.82) is 0 Å². The largest absolute Gasteiger partial charge is 0.433 e. The molecule has 5 fully saturated rings. The summed E-state index contributed by atoms with van der Waals surface area (Å²) in [6, 6.07) is 10.3. The maximum absolute atomic E-state index is 13.5. The van der Waals surface area contributed by atoms with Gasteiger partial charge in [0.25, 0.3) is 5.91 Å². The summed E-state index contributed by atoms with van der Waals surface area (Å²) in [6.07, 6.45) is 4.64. The lowest BCUT2D eigenvalue weighted by atomic mass is 9.82. The maximum Gasteiger partial charge on any atom is 0.433 e. The van der Waals surface area contributed by atoms with Gasteiger partial charge in [0.05, 0.1) is 41.2 Å². The molecule has 5 aliphatic rings. The number of hydrogen-bond acceptors (Lipinski definition) is 11. The number of carbonyl (C=O) groups excluding carboxylic acids is 3. The van der Waals surface area contributed by atoms with E-state index < -0.39 is 29.7 Å². The first-order chi connectivity index (χ1) is 30.3. The number of halogens is 3. The van der Waals surface area contributed by atoms with E-state index in [1.807, 2.05) is 29.1 Å². The van der Waals surface area contributed by atoms with Crippen LogP contribution >= 0.6 is 0 Å². The fraction of sp³-hybridized carbons (Fsp3) is 0.523. The first-order valence-corrected chi connectivity index (χ1v) is 21.9. The SMILES string of the molecule is Cn1c(=O)n(C2CCC(=O)NC2=O)c2cccc(N3CCN(CC4COC5(C4)CN(CC4CCC(n6cc7cc(NC(=O)c8cccc(C(F)(F)F)n8)ncc7n6)CC4)C5)CC3)c21. The van der Waals surface area contributed by atoms with Crippen molar-refractivity contribution in [3.63, 3.8) is 0 Å². The molecule has 8 heterocycles. The van der Waals surface area contributed by atoms with Gasteiger partial charge in [-0.05, 0) is 80.7 Å². The summed E-state index contributed by atoms with van der Waals surface area (Å²) in [7, 11) is 1.75. The van der Waals surface area contributed by atoms with Crippen LogP contribution in [-0.4, -0.2) is 121 Å². The number of piperidine rings is 1. The lowest BCUT2D eigenvalue weighted by Crippen LogP contribution is -2.62. The molecule has 1 saturated carbocycles. The van der Waals surface area contributed by atoms with E-state index >= 15 is 0 Å². The second kappa shape index (κ2) is 16.2. The zero-order valence-corrected chi connectivity index (χ0v) is 35.0. The highest BCUT2D eigenvalue weighted by Gasteiger charge is 2.50. The third-order valence-corrected chi connectivity index (χ3v) is 13.8. The van der Waals surface area contributed by atoms with Crippen LogP contribution in [0, 0.1) is 11.8 Å².